The first-order chi connectivity index (χ1) is 10.1. The molecule has 1 heterocycles. The molecular weight excluding hydrogens is 286 g/mol. The van der Waals surface area contributed by atoms with Crippen molar-refractivity contribution in [3.63, 3.8) is 0 Å². The zero-order chi connectivity index (χ0) is 14.8. The maximum Gasteiger partial charge on any atom is 0.158 e. The number of hydrogen-bond acceptors (Lipinski definition) is 3. The van der Waals surface area contributed by atoms with Gasteiger partial charge in [-0.25, -0.2) is 0 Å². The molecule has 0 aliphatic heterocycles. The highest BCUT2D eigenvalue weighted by atomic mass is 35.5. The molecule has 0 bridgehead atoms. The van der Waals surface area contributed by atoms with Gasteiger partial charge in [-0.1, -0.05) is 17.7 Å². The predicted octanol–water partition coefficient (Wildman–Crippen LogP) is 4.68. The van der Waals surface area contributed by atoms with Crippen LogP contribution in [0.1, 0.15) is 30.1 Å². The third kappa shape index (κ3) is 3.19. The summed E-state index contributed by atoms with van der Waals surface area (Å²) in [6, 6.07) is 9.46. The SMILES string of the molecule is Cc1ccc(Cl)cc1NC1=CC(=O)C[C@@H](c2ccco2)C1. The van der Waals surface area contributed by atoms with Crippen molar-refractivity contribution in [3.05, 3.63) is 64.7 Å². The van der Waals surface area contributed by atoms with Gasteiger partial charge >= 0.3 is 0 Å². The van der Waals surface area contributed by atoms with Crippen LogP contribution in [0.3, 0.4) is 0 Å². The number of nitrogens with one attached hydrogen (secondary N) is 1. The van der Waals surface area contributed by atoms with Crippen molar-refractivity contribution < 1.29 is 9.21 Å². The summed E-state index contributed by atoms with van der Waals surface area (Å²) in [6.45, 7) is 2.01. The lowest BCUT2D eigenvalue weighted by Crippen LogP contribution is -2.16. The zero-order valence-electron chi connectivity index (χ0n) is 11.7. The Hall–Kier alpha value is -2.00. The van der Waals surface area contributed by atoms with E-state index >= 15 is 0 Å². The number of halogens is 1. The summed E-state index contributed by atoms with van der Waals surface area (Å²) in [4.78, 5) is 11.9. The second-order valence-electron chi connectivity index (χ2n) is 5.34. The van der Waals surface area contributed by atoms with E-state index in [-0.39, 0.29) is 11.7 Å². The van der Waals surface area contributed by atoms with Crippen molar-refractivity contribution in [2.45, 2.75) is 25.7 Å². The summed E-state index contributed by atoms with van der Waals surface area (Å²) < 4.78 is 5.43. The number of allylic oxidation sites excluding steroid dienone is 2. The van der Waals surface area contributed by atoms with E-state index in [0.29, 0.717) is 11.4 Å². The van der Waals surface area contributed by atoms with Crippen LogP contribution in [-0.2, 0) is 4.79 Å². The van der Waals surface area contributed by atoms with Gasteiger partial charge in [0, 0.05) is 34.8 Å². The van der Waals surface area contributed by atoms with E-state index in [0.717, 1.165) is 29.1 Å². The fourth-order valence-electron chi connectivity index (χ4n) is 2.61. The molecule has 2 aromatic rings. The van der Waals surface area contributed by atoms with E-state index in [4.69, 9.17) is 16.0 Å². The minimum atomic E-state index is 0.0968. The number of furan rings is 1. The number of carbonyl (C=O) groups is 1. The summed E-state index contributed by atoms with van der Waals surface area (Å²) in [7, 11) is 0. The Labute approximate surface area is 128 Å². The molecule has 1 aliphatic carbocycles. The highest BCUT2D eigenvalue weighted by Gasteiger charge is 2.24. The standard InChI is InChI=1S/C17H16ClNO2/c1-11-4-5-13(18)9-16(11)19-14-7-12(8-15(20)10-14)17-3-2-6-21-17/h2-6,9-10,12,19H,7-8H2,1H3/t12-/m0/s1. The molecule has 3 nitrogen and oxygen atoms in total. The molecule has 1 aromatic carbocycles. The van der Waals surface area contributed by atoms with Crippen LogP contribution < -0.4 is 5.32 Å². The minimum Gasteiger partial charge on any atom is -0.469 e. The van der Waals surface area contributed by atoms with Crippen molar-refractivity contribution >= 4 is 23.1 Å². The lowest BCUT2D eigenvalue weighted by molar-refractivity contribution is -0.115. The van der Waals surface area contributed by atoms with Gasteiger partial charge in [-0.3, -0.25) is 4.79 Å². The van der Waals surface area contributed by atoms with Crippen molar-refractivity contribution in [1.82, 2.24) is 0 Å². The maximum absolute atomic E-state index is 11.9. The normalized spacial score (nSPS) is 18.5. The van der Waals surface area contributed by atoms with Crippen LogP contribution in [0, 0.1) is 6.92 Å². The van der Waals surface area contributed by atoms with E-state index in [1.807, 2.05) is 37.3 Å². The first-order valence-electron chi connectivity index (χ1n) is 6.92. The van der Waals surface area contributed by atoms with Gasteiger partial charge < -0.3 is 9.73 Å². The van der Waals surface area contributed by atoms with Gasteiger partial charge in [0.2, 0.25) is 0 Å². The van der Waals surface area contributed by atoms with E-state index in [1.54, 1.807) is 12.3 Å². The van der Waals surface area contributed by atoms with Crippen molar-refractivity contribution in [1.29, 1.82) is 0 Å². The molecule has 3 rings (SSSR count). The number of ketones is 1. The molecule has 0 fully saturated rings. The van der Waals surface area contributed by atoms with Crippen LogP contribution in [0.25, 0.3) is 0 Å². The molecule has 1 atom stereocenters. The zero-order valence-corrected chi connectivity index (χ0v) is 12.5. The van der Waals surface area contributed by atoms with Gasteiger partial charge in [0.1, 0.15) is 5.76 Å². The lowest BCUT2D eigenvalue weighted by atomic mass is 9.89. The highest BCUT2D eigenvalue weighted by Crippen LogP contribution is 2.33. The van der Waals surface area contributed by atoms with Gasteiger partial charge in [0.05, 0.1) is 6.26 Å². The van der Waals surface area contributed by atoms with Gasteiger partial charge in [-0.2, -0.15) is 0 Å². The Kier molecular flexibility index (Phi) is 3.84. The molecule has 0 spiro atoms. The molecule has 1 aromatic heterocycles. The second kappa shape index (κ2) is 5.78. The van der Waals surface area contributed by atoms with Gasteiger partial charge in [-0.15, -0.1) is 0 Å². The molecular formula is C17H16ClNO2. The summed E-state index contributed by atoms with van der Waals surface area (Å²) in [5, 5.41) is 4.00. The largest absolute Gasteiger partial charge is 0.469 e. The molecule has 0 saturated heterocycles. The molecule has 4 heteroatoms. The van der Waals surface area contributed by atoms with E-state index in [9.17, 15) is 4.79 Å². The third-order valence-electron chi connectivity index (χ3n) is 3.69. The quantitative estimate of drug-likeness (QED) is 0.894. The lowest BCUT2D eigenvalue weighted by Gasteiger charge is -2.22. The van der Waals surface area contributed by atoms with Crippen LogP contribution in [0.5, 0.6) is 0 Å². The number of carbonyl (C=O) groups excluding carboxylic acids is 1. The van der Waals surface area contributed by atoms with Crippen LogP contribution in [-0.4, -0.2) is 5.78 Å². The van der Waals surface area contributed by atoms with Crippen molar-refractivity contribution in [3.8, 4) is 0 Å². The summed E-state index contributed by atoms with van der Waals surface area (Å²) >= 11 is 6.03. The van der Waals surface area contributed by atoms with Crippen LogP contribution in [0.4, 0.5) is 5.69 Å². The number of aryl methyl sites for hydroxylation is 1. The van der Waals surface area contributed by atoms with Crippen molar-refractivity contribution in [2.24, 2.45) is 0 Å². The average Bonchev–Trinajstić information content (AvgIpc) is 2.96. The molecule has 0 amide bonds. The molecule has 0 radical (unpaired) electrons. The average molecular weight is 302 g/mol. The van der Waals surface area contributed by atoms with Crippen LogP contribution in [0.2, 0.25) is 5.02 Å². The third-order valence-corrected chi connectivity index (χ3v) is 3.92. The van der Waals surface area contributed by atoms with Crippen LogP contribution >= 0.6 is 11.6 Å². The Morgan fingerprint density at radius 3 is 2.90 bits per heavy atom. The monoisotopic (exact) mass is 301 g/mol. The second-order valence-corrected chi connectivity index (χ2v) is 5.78. The van der Waals surface area contributed by atoms with Gasteiger partial charge in [0.25, 0.3) is 0 Å². The highest BCUT2D eigenvalue weighted by molar-refractivity contribution is 6.30. The van der Waals surface area contributed by atoms with Gasteiger partial charge in [0.15, 0.2) is 5.78 Å². The Bertz CT molecular complexity index is 689. The fraction of sp³-hybridized carbons (Fsp3) is 0.235. The first-order valence-corrected chi connectivity index (χ1v) is 7.29. The molecule has 108 valence electrons. The number of hydrogen-bond donors (Lipinski definition) is 1. The van der Waals surface area contributed by atoms with E-state index < -0.39 is 0 Å². The fourth-order valence-corrected chi connectivity index (χ4v) is 2.78. The molecule has 0 unspecified atom stereocenters. The predicted molar refractivity (Wildman–Crippen MR) is 83.6 cm³/mol. The maximum atomic E-state index is 11.9. The molecule has 1 N–H and O–H groups in total. The first kappa shape index (κ1) is 14.0. The number of benzene rings is 1. The van der Waals surface area contributed by atoms with E-state index in [1.165, 1.54) is 0 Å². The Morgan fingerprint density at radius 1 is 1.29 bits per heavy atom. The van der Waals surface area contributed by atoms with Crippen LogP contribution in [0.15, 0.2) is 52.8 Å². The van der Waals surface area contributed by atoms with E-state index in [2.05, 4.69) is 5.32 Å². The summed E-state index contributed by atoms with van der Waals surface area (Å²) in [5.74, 6) is 1.07. The Balaban J connectivity index is 1.81. The Morgan fingerprint density at radius 2 is 2.14 bits per heavy atom. The summed E-state index contributed by atoms with van der Waals surface area (Å²) in [5.41, 5.74) is 2.92. The number of anilines is 1. The molecule has 1 aliphatic rings. The van der Waals surface area contributed by atoms with Gasteiger partial charge in [-0.05, 0) is 43.2 Å². The minimum absolute atomic E-state index is 0.0968. The summed E-state index contributed by atoms with van der Waals surface area (Å²) in [6.07, 6.45) is 4.57. The molecule has 21 heavy (non-hydrogen) atoms. The smallest absolute Gasteiger partial charge is 0.158 e. The molecule has 0 saturated carbocycles. The van der Waals surface area contributed by atoms with Crippen molar-refractivity contribution in [2.75, 3.05) is 5.32 Å². The number of rotatable bonds is 3. The topological polar surface area (TPSA) is 42.2 Å².